The Hall–Kier alpha value is -2.17. The maximum Gasteiger partial charge on any atom is 0.282 e. The molecular weight excluding hydrogens is 244 g/mol. The molecule has 0 aliphatic heterocycles. The Morgan fingerprint density at radius 3 is 2.74 bits per heavy atom. The van der Waals surface area contributed by atoms with E-state index in [0.29, 0.717) is 0 Å². The van der Waals surface area contributed by atoms with Crippen molar-refractivity contribution in [2.45, 2.75) is 19.8 Å². The van der Waals surface area contributed by atoms with Crippen LogP contribution in [0, 0.1) is 10.1 Å². The van der Waals surface area contributed by atoms with Crippen molar-refractivity contribution in [3.8, 4) is 0 Å². The van der Waals surface area contributed by atoms with Gasteiger partial charge in [-0.15, -0.1) is 6.58 Å². The second-order valence-corrected chi connectivity index (χ2v) is 4.37. The maximum absolute atomic E-state index is 11.3. The average molecular weight is 262 g/mol. The SMILES string of the molecule is C=CCCCN(C)c1ccc(C(C)=O)c([N+](=O)[O-])c1. The van der Waals surface area contributed by atoms with E-state index in [0.717, 1.165) is 25.1 Å². The van der Waals surface area contributed by atoms with E-state index in [1.54, 1.807) is 6.07 Å². The third-order valence-electron chi connectivity index (χ3n) is 2.90. The number of benzene rings is 1. The zero-order valence-electron chi connectivity index (χ0n) is 11.3. The predicted octanol–water partition coefficient (Wildman–Crippen LogP) is 3.20. The quantitative estimate of drug-likeness (QED) is 0.249. The number of anilines is 1. The van der Waals surface area contributed by atoms with Crippen molar-refractivity contribution >= 4 is 17.2 Å². The third-order valence-corrected chi connectivity index (χ3v) is 2.90. The monoisotopic (exact) mass is 262 g/mol. The summed E-state index contributed by atoms with van der Waals surface area (Å²) in [6.07, 6.45) is 3.68. The van der Waals surface area contributed by atoms with Crippen LogP contribution >= 0.6 is 0 Å². The lowest BCUT2D eigenvalue weighted by Crippen LogP contribution is -2.18. The first-order chi connectivity index (χ1) is 8.97. The van der Waals surface area contributed by atoms with Crippen LogP contribution in [-0.2, 0) is 0 Å². The lowest BCUT2D eigenvalue weighted by Gasteiger charge is -2.19. The number of Topliss-reactive ketones (excluding diaryl/α,β-unsaturated/α-hetero) is 1. The first kappa shape index (κ1) is 14.9. The van der Waals surface area contributed by atoms with Gasteiger partial charge in [-0.3, -0.25) is 14.9 Å². The Labute approximate surface area is 112 Å². The number of unbranched alkanes of at least 4 members (excludes halogenated alkanes) is 1. The van der Waals surface area contributed by atoms with Gasteiger partial charge in [-0.05, 0) is 31.9 Å². The van der Waals surface area contributed by atoms with Gasteiger partial charge in [0.25, 0.3) is 5.69 Å². The molecule has 1 aromatic carbocycles. The van der Waals surface area contributed by atoms with Crippen molar-refractivity contribution in [2.24, 2.45) is 0 Å². The van der Waals surface area contributed by atoms with E-state index < -0.39 is 4.92 Å². The molecule has 0 heterocycles. The summed E-state index contributed by atoms with van der Waals surface area (Å²) in [5.41, 5.74) is 0.745. The smallest absolute Gasteiger partial charge is 0.282 e. The molecule has 0 aliphatic carbocycles. The highest BCUT2D eigenvalue weighted by Gasteiger charge is 2.18. The summed E-state index contributed by atoms with van der Waals surface area (Å²) in [4.78, 5) is 23.7. The molecule has 0 atom stereocenters. The van der Waals surface area contributed by atoms with Crippen LogP contribution in [0.25, 0.3) is 0 Å². The highest BCUT2D eigenvalue weighted by molar-refractivity contribution is 5.98. The van der Waals surface area contributed by atoms with E-state index in [9.17, 15) is 14.9 Å². The molecule has 0 bridgehead atoms. The molecule has 0 aromatic heterocycles. The van der Waals surface area contributed by atoms with Gasteiger partial charge in [0.1, 0.15) is 0 Å². The Balaban J connectivity index is 2.98. The minimum atomic E-state index is -0.516. The maximum atomic E-state index is 11.3. The number of rotatable bonds is 7. The molecule has 0 aliphatic rings. The molecule has 19 heavy (non-hydrogen) atoms. The Kier molecular flexibility index (Phi) is 5.23. The molecule has 0 unspecified atom stereocenters. The Morgan fingerprint density at radius 1 is 1.53 bits per heavy atom. The highest BCUT2D eigenvalue weighted by Crippen LogP contribution is 2.25. The highest BCUT2D eigenvalue weighted by atomic mass is 16.6. The molecule has 102 valence electrons. The number of ketones is 1. The van der Waals surface area contributed by atoms with Crippen LogP contribution in [0.4, 0.5) is 11.4 Å². The largest absolute Gasteiger partial charge is 0.374 e. The summed E-state index contributed by atoms with van der Waals surface area (Å²) in [7, 11) is 1.87. The fourth-order valence-corrected chi connectivity index (χ4v) is 1.81. The van der Waals surface area contributed by atoms with Crippen molar-refractivity contribution < 1.29 is 9.72 Å². The fourth-order valence-electron chi connectivity index (χ4n) is 1.81. The second-order valence-electron chi connectivity index (χ2n) is 4.37. The number of carbonyl (C=O) groups excluding carboxylic acids is 1. The molecule has 1 rings (SSSR count). The molecule has 0 radical (unpaired) electrons. The van der Waals surface area contributed by atoms with Crippen LogP contribution in [-0.4, -0.2) is 24.3 Å². The van der Waals surface area contributed by atoms with Crippen LogP contribution in [0.2, 0.25) is 0 Å². The standard InChI is InChI=1S/C14H18N2O3/c1-4-5-6-9-15(3)12-7-8-13(11(2)17)14(10-12)16(18)19/h4,7-8,10H,1,5-6,9H2,2-3H3. The predicted molar refractivity (Wildman–Crippen MR) is 75.8 cm³/mol. The van der Waals surface area contributed by atoms with E-state index in [1.807, 2.05) is 18.0 Å². The molecular formula is C14H18N2O3. The van der Waals surface area contributed by atoms with Gasteiger partial charge in [0, 0.05) is 25.3 Å². The number of hydrogen-bond donors (Lipinski definition) is 0. The van der Waals surface area contributed by atoms with Gasteiger partial charge in [-0.25, -0.2) is 0 Å². The van der Waals surface area contributed by atoms with Crippen LogP contribution in [0.1, 0.15) is 30.1 Å². The molecule has 1 aromatic rings. The van der Waals surface area contributed by atoms with Gasteiger partial charge in [-0.2, -0.15) is 0 Å². The molecule has 0 amide bonds. The lowest BCUT2D eigenvalue weighted by atomic mass is 10.1. The summed E-state index contributed by atoms with van der Waals surface area (Å²) in [6.45, 7) is 5.76. The van der Waals surface area contributed by atoms with E-state index in [-0.39, 0.29) is 17.0 Å². The average Bonchev–Trinajstić information content (AvgIpc) is 2.38. The van der Waals surface area contributed by atoms with E-state index in [2.05, 4.69) is 6.58 Å². The molecule has 5 nitrogen and oxygen atoms in total. The first-order valence-corrected chi connectivity index (χ1v) is 6.08. The zero-order valence-corrected chi connectivity index (χ0v) is 11.3. The fraction of sp³-hybridized carbons (Fsp3) is 0.357. The second kappa shape index (κ2) is 6.68. The van der Waals surface area contributed by atoms with Crippen LogP contribution in [0.5, 0.6) is 0 Å². The lowest BCUT2D eigenvalue weighted by molar-refractivity contribution is -0.385. The van der Waals surface area contributed by atoms with Crippen LogP contribution < -0.4 is 4.90 Å². The van der Waals surface area contributed by atoms with Crippen molar-refractivity contribution in [1.29, 1.82) is 0 Å². The summed E-state index contributed by atoms with van der Waals surface area (Å²) in [5, 5.41) is 11.0. The van der Waals surface area contributed by atoms with Crippen LogP contribution in [0.3, 0.4) is 0 Å². The van der Waals surface area contributed by atoms with Crippen molar-refractivity contribution in [3.63, 3.8) is 0 Å². The zero-order chi connectivity index (χ0) is 14.4. The Morgan fingerprint density at radius 2 is 2.21 bits per heavy atom. The Bertz CT molecular complexity index is 497. The normalized spacial score (nSPS) is 10.0. The number of nitrogens with zero attached hydrogens (tertiary/aromatic N) is 2. The minimum absolute atomic E-state index is 0.138. The van der Waals surface area contributed by atoms with Crippen molar-refractivity contribution in [2.75, 3.05) is 18.5 Å². The molecule has 0 saturated carbocycles. The third kappa shape index (κ3) is 3.91. The van der Waals surface area contributed by atoms with Crippen molar-refractivity contribution in [1.82, 2.24) is 0 Å². The number of hydrogen-bond acceptors (Lipinski definition) is 4. The first-order valence-electron chi connectivity index (χ1n) is 6.08. The van der Waals surface area contributed by atoms with Crippen molar-refractivity contribution in [3.05, 3.63) is 46.5 Å². The summed E-state index contributed by atoms with van der Waals surface area (Å²) in [6, 6.07) is 4.70. The van der Waals surface area contributed by atoms with Gasteiger partial charge < -0.3 is 4.90 Å². The number of nitro groups is 1. The molecule has 0 fully saturated rings. The van der Waals surface area contributed by atoms with E-state index >= 15 is 0 Å². The molecule has 0 N–H and O–H groups in total. The van der Waals surface area contributed by atoms with Crippen LogP contribution in [0.15, 0.2) is 30.9 Å². The number of allylic oxidation sites excluding steroid dienone is 1. The molecule has 0 spiro atoms. The number of nitro benzene ring substituents is 1. The summed E-state index contributed by atoms with van der Waals surface area (Å²) >= 11 is 0. The summed E-state index contributed by atoms with van der Waals surface area (Å²) < 4.78 is 0. The van der Waals surface area contributed by atoms with Gasteiger partial charge in [0.15, 0.2) is 5.78 Å². The number of carbonyl (C=O) groups is 1. The van der Waals surface area contributed by atoms with E-state index in [4.69, 9.17) is 0 Å². The molecule has 5 heteroatoms. The minimum Gasteiger partial charge on any atom is -0.374 e. The molecule has 0 saturated heterocycles. The van der Waals surface area contributed by atoms with Gasteiger partial charge in [0.2, 0.25) is 0 Å². The van der Waals surface area contributed by atoms with E-state index in [1.165, 1.54) is 19.1 Å². The van der Waals surface area contributed by atoms with Gasteiger partial charge in [-0.1, -0.05) is 6.08 Å². The van der Waals surface area contributed by atoms with Gasteiger partial charge in [0.05, 0.1) is 10.5 Å². The topological polar surface area (TPSA) is 63.5 Å². The summed E-state index contributed by atoms with van der Waals surface area (Å²) in [5.74, 6) is -0.299. The van der Waals surface area contributed by atoms with Gasteiger partial charge >= 0.3 is 0 Å².